The lowest BCUT2D eigenvalue weighted by Gasteiger charge is -2.19. The van der Waals surface area contributed by atoms with Crippen LogP contribution >= 0.6 is 11.3 Å². The number of hydrogen-bond donors (Lipinski definition) is 1. The number of nitrogens with one attached hydrogen (secondary N) is 1. The van der Waals surface area contributed by atoms with Crippen molar-refractivity contribution in [1.29, 1.82) is 0 Å². The first-order valence-electron chi connectivity index (χ1n) is 7.05. The molecule has 6 heteroatoms. The first-order chi connectivity index (χ1) is 9.44. The topological polar surface area (TPSA) is 63.2 Å². The van der Waals surface area contributed by atoms with E-state index >= 15 is 0 Å². The fraction of sp³-hybridized carbons (Fsp3) is 0.643. The minimum atomic E-state index is -2.95. The van der Waals surface area contributed by atoms with Crippen molar-refractivity contribution < 1.29 is 13.2 Å². The molecule has 0 bridgehead atoms. The molecule has 1 saturated heterocycles. The summed E-state index contributed by atoms with van der Waals surface area (Å²) >= 11 is 1.66. The summed E-state index contributed by atoms with van der Waals surface area (Å²) in [7, 11) is -2.95. The Balaban J connectivity index is 1.72. The molecule has 1 N–H and O–H groups in total. The van der Waals surface area contributed by atoms with Gasteiger partial charge in [0.25, 0.3) is 5.91 Å². The molecule has 3 rings (SSSR count). The van der Waals surface area contributed by atoms with Gasteiger partial charge in [0.2, 0.25) is 0 Å². The second kappa shape index (κ2) is 5.15. The zero-order chi connectivity index (χ0) is 14.3. The van der Waals surface area contributed by atoms with E-state index in [1.54, 1.807) is 11.3 Å². The molecule has 0 saturated carbocycles. The van der Waals surface area contributed by atoms with Crippen LogP contribution < -0.4 is 5.32 Å². The monoisotopic (exact) mass is 313 g/mol. The standard InChI is InChI=1S/C14H19NO3S2/c1-9-2-3-11-12(7-19-13(11)6-9)14(16)15-10-4-5-20(17,18)8-10/h7,9-10H,2-6,8H2,1H3,(H,15,16)/t9-,10-/m0/s1. The molecule has 2 heterocycles. The second-order valence-corrected chi connectivity index (χ2v) is 9.17. The van der Waals surface area contributed by atoms with Crippen molar-refractivity contribution in [3.63, 3.8) is 0 Å². The Hall–Kier alpha value is -0.880. The molecule has 1 amide bonds. The lowest BCUT2D eigenvalue weighted by Crippen LogP contribution is -2.36. The van der Waals surface area contributed by atoms with Gasteiger partial charge in [-0.25, -0.2) is 8.42 Å². The van der Waals surface area contributed by atoms with E-state index < -0.39 is 9.84 Å². The van der Waals surface area contributed by atoms with Gasteiger partial charge in [-0.15, -0.1) is 11.3 Å². The van der Waals surface area contributed by atoms with Crippen molar-refractivity contribution in [3.05, 3.63) is 21.4 Å². The highest BCUT2D eigenvalue weighted by Crippen LogP contribution is 2.32. The van der Waals surface area contributed by atoms with Crippen LogP contribution in [-0.4, -0.2) is 31.9 Å². The van der Waals surface area contributed by atoms with E-state index in [4.69, 9.17) is 0 Å². The minimum Gasteiger partial charge on any atom is -0.348 e. The van der Waals surface area contributed by atoms with Crippen molar-refractivity contribution >= 4 is 27.1 Å². The number of sulfone groups is 1. The van der Waals surface area contributed by atoms with E-state index in [2.05, 4.69) is 12.2 Å². The maximum atomic E-state index is 12.3. The number of thiophene rings is 1. The van der Waals surface area contributed by atoms with Gasteiger partial charge in [-0.05, 0) is 37.2 Å². The first-order valence-corrected chi connectivity index (χ1v) is 9.75. The molecular weight excluding hydrogens is 294 g/mol. The molecule has 20 heavy (non-hydrogen) atoms. The van der Waals surface area contributed by atoms with Gasteiger partial charge in [-0.3, -0.25) is 4.79 Å². The van der Waals surface area contributed by atoms with E-state index in [-0.39, 0.29) is 23.5 Å². The van der Waals surface area contributed by atoms with Gasteiger partial charge in [0.15, 0.2) is 9.84 Å². The average molecular weight is 313 g/mol. The summed E-state index contributed by atoms with van der Waals surface area (Å²) in [6, 6.07) is -0.217. The molecule has 0 spiro atoms. The van der Waals surface area contributed by atoms with Crippen molar-refractivity contribution in [3.8, 4) is 0 Å². The fourth-order valence-electron chi connectivity index (χ4n) is 3.04. The molecule has 4 nitrogen and oxygen atoms in total. The molecule has 1 aromatic rings. The number of hydrogen-bond acceptors (Lipinski definition) is 4. The van der Waals surface area contributed by atoms with E-state index in [1.165, 1.54) is 10.4 Å². The van der Waals surface area contributed by atoms with Gasteiger partial charge in [0.1, 0.15) is 0 Å². The van der Waals surface area contributed by atoms with Crippen LogP contribution in [0.1, 0.15) is 40.6 Å². The molecular formula is C14H19NO3S2. The van der Waals surface area contributed by atoms with Gasteiger partial charge in [-0.1, -0.05) is 6.92 Å². The molecule has 0 aromatic carbocycles. The zero-order valence-corrected chi connectivity index (χ0v) is 13.1. The molecule has 1 aromatic heterocycles. The Bertz CT molecular complexity index is 633. The smallest absolute Gasteiger partial charge is 0.252 e. The van der Waals surface area contributed by atoms with Crippen molar-refractivity contribution in [2.45, 2.75) is 38.6 Å². The van der Waals surface area contributed by atoms with Gasteiger partial charge < -0.3 is 5.32 Å². The predicted molar refractivity (Wildman–Crippen MR) is 80.0 cm³/mol. The fourth-order valence-corrected chi connectivity index (χ4v) is 5.96. The summed E-state index contributed by atoms with van der Waals surface area (Å²) in [5, 5.41) is 4.82. The third kappa shape index (κ3) is 2.76. The highest BCUT2D eigenvalue weighted by molar-refractivity contribution is 7.91. The molecule has 2 aliphatic rings. The summed E-state index contributed by atoms with van der Waals surface area (Å²) in [5.74, 6) is 0.871. The van der Waals surface area contributed by atoms with Gasteiger partial charge in [0, 0.05) is 16.3 Å². The molecule has 2 atom stereocenters. The maximum Gasteiger partial charge on any atom is 0.252 e. The van der Waals surface area contributed by atoms with Crippen LogP contribution in [-0.2, 0) is 22.7 Å². The number of rotatable bonds is 2. The van der Waals surface area contributed by atoms with Gasteiger partial charge >= 0.3 is 0 Å². The van der Waals surface area contributed by atoms with Crippen molar-refractivity contribution in [2.75, 3.05) is 11.5 Å². The Morgan fingerprint density at radius 3 is 2.90 bits per heavy atom. The van der Waals surface area contributed by atoms with E-state index in [9.17, 15) is 13.2 Å². The summed E-state index contributed by atoms with van der Waals surface area (Å²) < 4.78 is 22.9. The number of carbonyl (C=O) groups is 1. The van der Waals surface area contributed by atoms with Crippen LogP contribution in [0.2, 0.25) is 0 Å². The number of fused-ring (bicyclic) bond motifs is 1. The largest absolute Gasteiger partial charge is 0.348 e. The van der Waals surface area contributed by atoms with E-state index in [0.717, 1.165) is 24.8 Å². The first kappa shape index (κ1) is 14.1. The Morgan fingerprint density at radius 2 is 2.20 bits per heavy atom. The average Bonchev–Trinajstić information content (AvgIpc) is 2.92. The zero-order valence-electron chi connectivity index (χ0n) is 11.5. The van der Waals surface area contributed by atoms with E-state index in [0.29, 0.717) is 12.3 Å². The maximum absolute atomic E-state index is 12.3. The Morgan fingerprint density at radius 1 is 1.40 bits per heavy atom. The predicted octanol–water partition coefficient (Wildman–Crippen LogP) is 1.79. The summed E-state index contributed by atoms with van der Waals surface area (Å²) in [5.41, 5.74) is 1.95. The van der Waals surface area contributed by atoms with Gasteiger partial charge in [-0.2, -0.15) is 0 Å². The highest BCUT2D eigenvalue weighted by Gasteiger charge is 2.30. The van der Waals surface area contributed by atoms with Crippen LogP contribution in [0.5, 0.6) is 0 Å². The molecule has 0 unspecified atom stereocenters. The van der Waals surface area contributed by atoms with Crippen molar-refractivity contribution in [2.24, 2.45) is 5.92 Å². The number of amides is 1. The summed E-state index contributed by atoms with van der Waals surface area (Å²) in [6.07, 6.45) is 3.69. The number of carbonyl (C=O) groups excluding carboxylic acids is 1. The third-order valence-electron chi connectivity index (χ3n) is 4.21. The van der Waals surface area contributed by atoms with Crippen LogP contribution in [0.3, 0.4) is 0 Å². The highest BCUT2D eigenvalue weighted by atomic mass is 32.2. The normalized spacial score (nSPS) is 28.1. The van der Waals surface area contributed by atoms with Crippen LogP contribution in [0.15, 0.2) is 5.38 Å². The SMILES string of the molecule is C[C@H]1CCc2c(C(=O)N[C@H]3CCS(=O)(=O)C3)csc2C1. The Labute approximate surface area is 123 Å². The van der Waals surface area contributed by atoms with Gasteiger partial charge in [0.05, 0.1) is 17.1 Å². The second-order valence-electron chi connectivity index (χ2n) is 5.97. The van der Waals surface area contributed by atoms with Crippen molar-refractivity contribution in [1.82, 2.24) is 5.32 Å². The summed E-state index contributed by atoms with van der Waals surface area (Å²) in [4.78, 5) is 13.7. The van der Waals surface area contributed by atoms with Crippen LogP contribution in [0.25, 0.3) is 0 Å². The van der Waals surface area contributed by atoms with Crippen LogP contribution in [0.4, 0.5) is 0 Å². The molecule has 1 aliphatic heterocycles. The molecule has 110 valence electrons. The Kier molecular flexibility index (Phi) is 3.62. The minimum absolute atomic E-state index is 0.0854. The molecule has 1 aliphatic carbocycles. The quantitative estimate of drug-likeness (QED) is 0.905. The summed E-state index contributed by atoms with van der Waals surface area (Å²) in [6.45, 7) is 2.24. The van der Waals surface area contributed by atoms with E-state index in [1.807, 2.05) is 5.38 Å². The lowest BCUT2D eigenvalue weighted by molar-refractivity contribution is 0.0940. The molecule has 1 fully saturated rings. The lowest BCUT2D eigenvalue weighted by atomic mass is 9.88. The third-order valence-corrected chi connectivity index (χ3v) is 7.03. The van der Waals surface area contributed by atoms with Crippen LogP contribution in [0, 0.1) is 5.92 Å². The molecule has 0 radical (unpaired) electrons.